The molecule has 2 unspecified atom stereocenters. The van der Waals surface area contributed by atoms with E-state index in [0.29, 0.717) is 18.4 Å². The van der Waals surface area contributed by atoms with E-state index in [2.05, 4.69) is 18.7 Å². The first-order chi connectivity index (χ1) is 4.77. The summed E-state index contributed by atoms with van der Waals surface area (Å²) < 4.78 is 5.67. The van der Waals surface area contributed by atoms with E-state index in [1.165, 1.54) is 19.4 Å². The Morgan fingerprint density at radius 3 is 2.50 bits per heavy atom. The fourth-order valence-electron chi connectivity index (χ4n) is 1.96. The second-order valence-electron chi connectivity index (χ2n) is 3.58. The molecule has 0 amide bonds. The summed E-state index contributed by atoms with van der Waals surface area (Å²) in [6.45, 7) is 5.65. The van der Waals surface area contributed by atoms with Gasteiger partial charge in [-0.15, -0.1) is 0 Å². The van der Waals surface area contributed by atoms with Crippen LogP contribution >= 0.6 is 0 Å². The number of rotatable bonds is 1. The zero-order valence-corrected chi connectivity index (χ0v) is 6.71. The fourth-order valence-corrected chi connectivity index (χ4v) is 1.96. The number of piperidine rings is 1. The van der Waals surface area contributed by atoms with Gasteiger partial charge >= 0.3 is 0 Å². The Labute approximate surface area is 62.2 Å². The highest BCUT2D eigenvalue weighted by atomic mass is 16.5. The van der Waals surface area contributed by atoms with Crippen molar-refractivity contribution in [2.24, 2.45) is 0 Å². The molecule has 10 heavy (non-hydrogen) atoms. The average molecular weight is 141 g/mol. The maximum atomic E-state index is 5.67. The largest absolute Gasteiger partial charge is 0.359 e. The van der Waals surface area contributed by atoms with Gasteiger partial charge in [-0.25, -0.2) is 0 Å². The van der Waals surface area contributed by atoms with Crippen molar-refractivity contribution < 1.29 is 4.74 Å². The molecule has 2 aliphatic rings. The Balaban J connectivity index is 2.02. The van der Waals surface area contributed by atoms with E-state index in [9.17, 15) is 0 Å². The molecule has 0 spiro atoms. The van der Waals surface area contributed by atoms with E-state index in [4.69, 9.17) is 4.74 Å². The summed E-state index contributed by atoms with van der Waals surface area (Å²) in [5.74, 6) is 0. The lowest BCUT2D eigenvalue weighted by atomic mass is 10.1. The number of hydrogen-bond donors (Lipinski definition) is 0. The van der Waals surface area contributed by atoms with E-state index in [0.717, 1.165) is 0 Å². The topological polar surface area (TPSA) is 12.5 Å². The van der Waals surface area contributed by atoms with Gasteiger partial charge in [-0.3, -0.25) is 4.90 Å². The quantitative estimate of drug-likeness (QED) is 0.544. The summed E-state index contributed by atoms with van der Waals surface area (Å²) >= 11 is 0. The van der Waals surface area contributed by atoms with Crippen LogP contribution in [0.3, 0.4) is 0 Å². The summed E-state index contributed by atoms with van der Waals surface area (Å²) in [5, 5.41) is 0. The predicted molar refractivity (Wildman–Crippen MR) is 39.7 cm³/mol. The minimum atomic E-state index is 0.463. The van der Waals surface area contributed by atoms with E-state index in [1.54, 1.807) is 0 Å². The van der Waals surface area contributed by atoms with Crippen LogP contribution in [0.15, 0.2) is 0 Å². The van der Waals surface area contributed by atoms with Crippen LogP contribution in [-0.4, -0.2) is 29.8 Å². The normalized spacial score (nSPS) is 39.9. The Kier molecular flexibility index (Phi) is 1.46. The van der Waals surface area contributed by atoms with E-state index in [1.807, 2.05) is 0 Å². The number of likely N-dealkylation sites (tertiary alicyclic amines) is 1. The van der Waals surface area contributed by atoms with Crippen LogP contribution in [0.4, 0.5) is 0 Å². The Morgan fingerprint density at radius 2 is 2.20 bits per heavy atom. The van der Waals surface area contributed by atoms with Crippen molar-refractivity contribution in [3.05, 3.63) is 0 Å². The summed E-state index contributed by atoms with van der Waals surface area (Å²) in [7, 11) is 0. The standard InChI is InChI=1S/C8H15NO/c1-6(2)9-5-7-3-4-8(9)10-7/h6-8H,3-5H2,1-2H3. The van der Waals surface area contributed by atoms with Gasteiger partial charge in [-0.05, 0) is 26.7 Å². The highest BCUT2D eigenvalue weighted by molar-refractivity contribution is 4.86. The van der Waals surface area contributed by atoms with Gasteiger partial charge in [0.2, 0.25) is 0 Å². The lowest BCUT2D eigenvalue weighted by molar-refractivity contribution is 0.0338. The Morgan fingerprint density at radius 1 is 1.40 bits per heavy atom. The van der Waals surface area contributed by atoms with Crippen molar-refractivity contribution >= 4 is 0 Å². The van der Waals surface area contributed by atoms with Gasteiger partial charge in [0.1, 0.15) is 6.23 Å². The third kappa shape index (κ3) is 0.867. The Bertz CT molecular complexity index is 135. The first kappa shape index (κ1) is 6.62. The number of ether oxygens (including phenoxy) is 1. The molecule has 2 rings (SSSR count). The zero-order valence-electron chi connectivity index (χ0n) is 6.71. The van der Waals surface area contributed by atoms with Crippen molar-refractivity contribution in [3.63, 3.8) is 0 Å². The summed E-state index contributed by atoms with van der Waals surface area (Å²) in [6.07, 6.45) is 3.56. The third-order valence-corrected chi connectivity index (χ3v) is 2.53. The SMILES string of the molecule is CC(C)N1CC2CCC1O2. The first-order valence-electron chi connectivity index (χ1n) is 4.18. The second kappa shape index (κ2) is 2.21. The molecular formula is C8H15NO. The van der Waals surface area contributed by atoms with Crippen LogP contribution in [0.1, 0.15) is 26.7 Å². The molecule has 2 nitrogen and oxygen atoms in total. The number of hydrogen-bond acceptors (Lipinski definition) is 2. The average Bonchev–Trinajstić information content (AvgIpc) is 2.44. The fraction of sp³-hybridized carbons (Fsp3) is 1.00. The van der Waals surface area contributed by atoms with Gasteiger partial charge in [-0.1, -0.05) is 0 Å². The molecule has 2 heterocycles. The van der Waals surface area contributed by atoms with Crippen LogP contribution in [0.5, 0.6) is 0 Å². The molecule has 0 radical (unpaired) electrons. The molecular weight excluding hydrogens is 126 g/mol. The minimum absolute atomic E-state index is 0.463. The molecule has 58 valence electrons. The predicted octanol–water partition coefficient (Wildman–Crippen LogP) is 1.22. The molecule has 0 aromatic carbocycles. The molecule has 2 aliphatic heterocycles. The number of fused-ring (bicyclic) bond motifs is 2. The third-order valence-electron chi connectivity index (χ3n) is 2.53. The van der Waals surface area contributed by atoms with E-state index >= 15 is 0 Å². The lowest BCUT2D eigenvalue weighted by Gasteiger charge is -2.27. The molecule has 2 bridgehead atoms. The molecule has 0 aromatic rings. The smallest absolute Gasteiger partial charge is 0.111 e. The van der Waals surface area contributed by atoms with Crippen LogP contribution in [0.2, 0.25) is 0 Å². The molecule has 0 aromatic heterocycles. The summed E-state index contributed by atoms with van der Waals surface area (Å²) in [5.41, 5.74) is 0. The van der Waals surface area contributed by atoms with Crippen molar-refractivity contribution in [1.29, 1.82) is 0 Å². The van der Waals surface area contributed by atoms with Gasteiger partial charge in [-0.2, -0.15) is 0 Å². The van der Waals surface area contributed by atoms with Crippen LogP contribution in [0.25, 0.3) is 0 Å². The molecule has 2 heteroatoms. The van der Waals surface area contributed by atoms with Crippen molar-refractivity contribution in [2.45, 2.75) is 45.1 Å². The van der Waals surface area contributed by atoms with Crippen LogP contribution in [-0.2, 0) is 4.74 Å². The second-order valence-corrected chi connectivity index (χ2v) is 3.58. The molecule has 2 atom stereocenters. The minimum Gasteiger partial charge on any atom is -0.359 e. The molecule has 0 aliphatic carbocycles. The van der Waals surface area contributed by atoms with Crippen LogP contribution in [0, 0.1) is 0 Å². The monoisotopic (exact) mass is 141 g/mol. The van der Waals surface area contributed by atoms with Crippen molar-refractivity contribution in [1.82, 2.24) is 4.90 Å². The maximum Gasteiger partial charge on any atom is 0.111 e. The number of nitrogens with zero attached hydrogens (tertiary/aromatic N) is 1. The van der Waals surface area contributed by atoms with E-state index in [-0.39, 0.29) is 0 Å². The first-order valence-corrected chi connectivity index (χ1v) is 4.18. The molecule has 2 fully saturated rings. The van der Waals surface area contributed by atoms with Crippen molar-refractivity contribution in [3.8, 4) is 0 Å². The summed E-state index contributed by atoms with van der Waals surface area (Å²) in [4.78, 5) is 2.45. The zero-order chi connectivity index (χ0) is 7.14. The van der Waals surface area contributed by atoms with Crippen molar-refractivity contribution in [2.75, 3.05) is 6.54 Å². The molecule has 0 N–H and O–H groups in total. The maximum absolute atomic E-state index is 5.67. The molecule has 2 saturated heterocycles. The summed E-state index contributed by atoms with van der Waals surface area (Å²) in [6, 6.07) is 0.662. The molecule has 0 saturated carbocycles. The highest BCUT2D eigenvalue weighted by Gasteiger charge is 2.39. The van der Waals surface area contributed by atoms with Gasteiger partial charge in [0.05, 0.1) is 6.10 Å². The van der Waals surface area contributed by atoms with E-state index < -0.39 is 0 Å². The van der Waals surface area contributed by atoms with Crippen LogP contribution < -0.4 is 0 Å². The highest BCUT2D eigenvalue weighted by Crippen LogP contribution is 2.31. The lowest BCUT2D eigenvalue weighted by Crippen LogP contribution is -2.38. The van der Waals surface area contributed by atoms with Gasteiger partial charge < -0.3 is 4.74 Å². The van der Waals surface area contributed by atoms with Gasteiger partial charge in [0.15, 0.2) is 0 Å². The van der Waals surface area contributed by atoms with Gasteiger partial charge in [0, 0.05) is 12.6 Å². The Hall–Kier alpha value is -0.0800. The van der Waals surface area contributed by atoms with Gasteiger partial charge in [0.25, 0.3) is 0 Å².